The molecule has 1 aliphatic heterocycles. The highest BCUT2D eigenvalue weighted by molar-refractivity contribution is 9.10. The molecule has 1 fully saturated rings. The van der Waals surface area contributed by atoms with E-state index in [1.165, 1.54) is 35.3 Å². The van der Waals surface area contributed by atoms with E-state index in [0.29, 0.717) is 5.92 Å². The van der Waals surface area contributed by atoms with Gasteiger partial charge >= 0.3 is 0 Å². The summed E-state index contributed by atoms with van der Waals surface area (Å²) in [6.45, 7) is 0. The van der Waals surface area contributed by atoms with Crippen molar-refractivity contribution in [3.05, 3.63) is 40.5 Å². The lowest BCUT2D eigenvalue weighted by molar-refractivity contribution is 0.636. The normalized spacial score (nSPS) is 17.5. The molecule has 0 N–H and O–H groups in total. The standard InChI is InChI=1S/C14H14BrNS/c15-13-1-2-14-11(8-13)7-12(9-16-14)10-3-5-17-6-4-10/h1-2,7-10H,3-6H2. The van der Waals surface area contributed by atoms with Crippen LogP contribution in [0.4, 0.5) is 0 Å². The minimum atomic E-state index is 0.715. The molecule has 2 heterocycles. The van der Waals surface area contributed by atoms with Crippen LogP contribution in [0.1, 0.15) is 24.3 Å². The summed E-state index contributed by atoms with van der Waals surface area (Å²) < 4.78 is 1.13. The molecule has 0 spiro atoms. The van der Waals surface area contributed by atoms with Gasteiger partial charge in [-0.2, -0.15) is 11.8 Å². The fourth-order valence-corrected chi connectivity index (χ4v) is 3.86. The zero-order chi connectivity index (χ0) is 11.7. The molecule has 1 aromatic carbocycles. The van der Waals surface area contributed by atoms with Crippen LogP contribution in [0.5, 0.6) is 0 Å². The summed E-state index contributed by atoms with van der Waals surface area (Å²) in [5, 5.41) is 1.25. The smallest absolute Gasteiger partial charge is 0.0702 e. The summed E-state index contributed by atoms with van der Waals surface area (Å²) >= 11 is 5.59. The van der Waals surface area contributed by atoms with E-state index in [0.717, 1.165) is 9.99 Å². The first-order valence-electron chi connectivity index (χ1n) is 5.96. The Morgan fingerprint density at radius 1 is 1.18 bits per heavy atom. The Hall–Kier alpha value is -0.540. The summed E-state index contributed by atoms with van der Waals surface area (Å²) in [5.41, 5.74) is 2.50. The van der Waals surface area contributed by atoms with Crippen LogP contribution in [-0.4, -0.2) is 16.5 Å². The van der Waals surface area contributed by atoms with Crippen LogP contribution in [-0.2, 0) is 0 Å². The van der Waals surface area contributed by atoms with Crippen molar-refractivity contribution in [1.29, 1.82) is 0 Å². The van der Waals surface area contributed by atoms with E-state index in [1.54, 1.807) is 0 Å². The summed E-state index contributed by atoms with van der Waals surface area (Å²) in [7, 11) is 0. The first kappa shape index (κ1) is 11.5. The molecule has 1 nitrogen and oxygen atoms in total. The molecule has 88 valence electrons. The third-order valence-corrected chi connectivity index (χ3v) is 4.90. The third-order valence-electron chi connectivity index (χ3n) is 3.36. The molecule has 2 aromatic rings. The number of nitrogens with zero attached hydrogens (tertiary/aromatic N) is 1. The highest BCUT2D eigenvalue weighted by Crippen LogP contribution is 2.32. The predicted molar refractivity (Wildman–Crippen MR) is 78.7 cm³/mol. The Labute approximate surface area is 114 Å². The Balaban J connectivity index is 1.99. The lowest BCUT2D eigenvalue weighted by Gasteiger charge is -2.21. The average Bonchev–Trinajstić information content (AvgIpc) is 2.39. The zero-order valence-corrected chi connectivity index (χ0v) is 11.9. The SMILES string of the molecule is Brc1ccc2ncc(C3CCSCC3)cc2c1. The Morgan fingerprint density at radius 2 is 2.00 bits per heavy atom. The van der Waals surface area contributed by atoms with Crippen LogP contribution in [0.15, 0.2) is 34.9 Å². The summed E-state index contributed by atoms with van der Waals surface area (Å²) in [6.07, 6.45) is 4.66. The summed E-state index contributed by atoms with van der Waals surface area (Å²) in [5.74, 6) is 3.30. The number of halogens is 1. The van der Waals surface area contributed by atoms with Crippen molar-refractivity contribution in [2.45, 2.75) is 18.8 Å². The topological polar surface area (TPSA) is 12.9 Å². The first-order chi connectivity index (χ1) is 8.33. The van der Waals surface area contributed by atoms with E-state index in [1.807, 2.05) is 6.07 Å². The molecule has 1 aromatic heterocycles. The minimum absolute atomic E-state index is 0.715. The maximum atomic E-state index is 4.57. The molecule has 0 amide bonds. The number of rotatable bonds is 1. The van der Waals surface area contributed by atoms with Crippen molar-refractivity contribution in [3.8, 4) is 0 Å². The minimum Gasteiger partial charge on any atom is -0.256 e. The van der Waals surface area contributed by atoms with Crippen molar-refractivity contribution >= 4 is 38.6 Å². The molecule has 0 aliphatic carbocycles. The van der Waals surface area contributed by atoms with Gasteiger partial charge in [0.2, 0.25) is 0 Å². The van der Waals surface area contributed by atoms with Gasteiger partial charge in [0.05, 0.1) is 5.52 Å². The van der Waals surface area contributed by atoms with Crippen LogP contribution in [0.3, 0.4) is 0 Å². The average molecular weight is 308 g/mol. The molecule has 3 heteroatoms. The van der Waals surface area contributed by atoms with Gasteiger partial charge in [-0.1, -0.05) is 15.9 Å². The first-order valence-corrected chi connectivity index (χ1v) is 7.91. The summed E-state index contributed by atoms with van der Waals surface area (Å²) in [6, 6.07) is 8.59. The Morgan fingerprint density at radius 3 is 2.82 bits per heavy atom. The monoisotopic (exact) mass is 307 g/mol. The fourth-order valence-electron chi connectivity index (χ4n) is 2.37. The molecular formula is C14H14BrNS. The third kappa shape index (κ3) is 2.50. The van der Waals surface area contributed by atoms with Gasteiger partial charge in [-0.3, -0.25) is 4.98 Å². The molecule has 1 aliphatic rings. The van der Waals surface area contributed by atoms with E-state index in [-0.39, 0.29) is 0 Å². The molecule has 0 unspecified atom stereocenters. The van der Waals surface area contributed by atoms with Crippen molar-refractivity contribution < 1.29 is 0 Å². The number of hydrogen-bond donors (Lipinski definition) is 0. The molecule has 3 rings (SSSR count). The second-order valence-corrected chi connectivity index (χ2v) is 6.63. The van der Waals surface area contributed by atoms with Gasteiger partial charge in [0.25, 0.3) is 0 Å². The molecule has 0 radical (unpaired) electrons. The van der Waals surface area contributed by atoms with Crippen LogP contribution >= 0.6 is 27.7 Å². The van der Waals surface area contributed by atoms with Crippen LogP contribution in [0.25, 0.3) is 10.9 Å². The number of aromatic nitrogens is 1. The molecular weight excluding hydrogens is 294 g/mol. The number of fused-ring (bicyclic) bond motifs is 1. The van der Waals surface area contributed by atoms with E-state index in [4.69, 9.17) is 0 Å². The predicted octanol–water partition coefficient (Wildman–Crippen LogP) is 4.61. The van der Waals surface area contributed by atoms with Crippen LogP contribution < -0.4 is 0 Å². The van der Waals surface area contributed by atoms with Crippen LogP contribution in [0, 0.1) is 0 Å². The highest BCUT2D eigenvalue weighted by atomic mass is 79.9. The molecule has 1 saturated heterocycles. The molecule has 0 bridgehead atoms. The van der Waals surface area contributed by atoms with Crippen molar-refractivity contribution in [1.82, 2.24) is 4.98 Å². The van der Waals surface area contributed by atoms with Crippen molar-refractivity contribution in [2.75, 3.05) is 11.5 Å². The number of thioether (sulfide) groups is 1. The van der Waals surface area contributed by atoms with Gasteiger partial charge in [-0.05, 0) is 60.1 Å². The van der Waals surface area contributed by atoms with Gasteiger partial charge in [0, 0.05) is 16.1 Å². The Kier molecular flexibility index (Phi) is 3.39. The number of hydrogen-bond acceptors (Lipinski definition) is 2. The second-order valence-electron chi connectivity index (χ2n) is 4.49. The lowest BCUT2D eigenvalue weighted by atomic mass is 9.94. The Bertz CT molecular complexity index is 535. The van der Waals surface area contributed by atoms with Gasteiger partial charge in [-0.25, -0.2) is 0 Å². The summed E-state index contributed by atoms with van der Waals surface area (Å²) in [4.78, 5) is 4.57. The second kappa shape index (κ2) is 4.99. The van der Waals surface area contributed by atoms with Gasteiger partial charge < -0.3 is 0 Å². The van der Waals surface area contributed by atoms with Gasteiger partial charge in [0.1, 0.15) is 0 Å². The number of benzene rings is 1. The van der Waals surface area contributed by atoms with Crippen molar-refractivity contribution in [2.24, 2.45) is 0 Å². The lowest BCUT2D eigenvalue weighted by Crippen LogP contribution is -2.08. The zero-order valence-electron chi connectivity index (χ0n) is 9.53. The largest absolute Gasteiger partial charge is 0.256 e. The maximum absolute atomic E-state index is 4.57. The number of pyridine rings is 1. The van der Waals surface area contributed by atoms with E-state index >= 15 is 0 Å². The van der Waals surface area contributed by atoms with E-state index in [2.05, 4.69) is 57.1 Å². The quantitative estimate of drug-likeness (QED) is 0.763. The molecule has 0 saturated carbocycles. The van der Waals surface area contributed by atoms with Gasteiger partial charge in [0.15, 0.2) is 0 Å². The van der Waals surface area contributed by atoms with E-state index < -0.39 is 0 Å². The highest BCUT2D eigenvalue weighted by Gasteiger charge is 2.16. The van der Waals surface area contributed by atoms with Gasteiger partial charge in [-0.15, -0.1) is 0 Å². The molecule has 0 atom stereocenters. The van der Waals surface area contributed by atoms with E-state index in [9.17, 15) is 0 Å². The van der Waals surface area contributed by atoms with Crippen LogP contribution in [0.2, 0.25) is 0 Å². The maximum Gasteiger partial charge on any atom is 0.0702 e. The fraction of sp³-hybridized carbons (Fsp3) is 0.357. The van der Waals surface area contributed by atoms with Crippen molar-refractivity contribution in [3.63, 3.8) is 0 Å². The molecule has 17 heavy (non-hydrogen) atoms.